The van der Waals surface area contributed by atoms with E-state index in [4.69, 9.17) is 14.3 Å². The Labute approximate surface area is 150 Å². The van der Waals surface area contributed by atoms with E-state index in [-0.39, 0.29) is 37.2 Å². The Hall–Kier alpha value is -3.29. The third-order valence-corrected chi connectivity index (χ3v) is 3.38. The van der Waals surface area contributed by atoms with Gasteiger partial charge in [-0.3, -0.25) is 14.4 Å². The summed E-state index contributed by atoms with van der Waals surface area (Å²) in [6.07, 6.45) is 1.39. The van der Waals surface area contributed by atoms with Crippen LogP contribution in [0.5, 0.6) is 5.75 Å². The first-order chi connectivity index (χ1) is 12.4. The van der Waals surface area contributed by atoms with Crippen LogP contribution in [0.3, 0.4) is 0 Å². The zero-order chi connectivity index (χ0) is 18.9. The molecular formula is C18H20N2O6. The Balaban J connectivity index is 1.80. The van der Waals surface area contributed by atoms with Gasteiger partial charge in [0.15, 0.2) is 12.4 Å². The second-order valence-electron chi connectivity index (χ2n) is 5.76. The molecule has 1 aromatic heterocycles. The molecule has 0 aliphatic carbocycles. The van der Waals surface area contributed by atoms with Gasteiger partial charge in [0.05, 0.1) is 6.26 Å². The van der Waals surface area contributed by atoms with Crippen LogP contribution in [0.2, 0.25) is 0 Å². The molecule has 1 atom stereocenters. The highest BCUT2D eigenvalue weighted by Crippen LogP contribution is 2.18. The molecule has 138 valence electrons. The van der Waals surface area contributed by atoms with Gasteiger partial charge in [0, 0.05) is 24.7 Å². The molecule has 0 saturated heterocycles. The molecule has 2 amide bonds. The van der Waals surface area contributed by atoms with Crippen molar-refractivity contribution in [3.8, 4) is 5.75 Å². The molecule has 2 aromatic rings. The number of anilines is 1. The lowest BCUT2D eigenvalue weighted by Crippen LogP contribution is -2.33. The number of nitrogens with one attached hydrogen (secondary N) is 2. The van der Waals surface area contributed by atoms with Gasteiger partial charge in [-0.25, -0.2) is 0 Å². The SMILES string of the molecule is CC(CNC(=O)COc1cccc(NC(=O)c2ccco2)c1)CC(=O)O. The lowest BCUT2D eigenvalue weighted by atomic mass is 10.1. The maximum atomic E-state index is 11.9. The van der Waals surface area contributed by atoms with Crippen molar-refractivity contribution in [3.63, 3.8) is 0 Å². The summed E-state index contributed by atoms with van der Waals surface area (Å²) in [6, 6.07) is 9.76. The van der Waals surface area contributed by atoms with Crippen LogP contribution in [0.25, 0.3) is 0 Å². The highest BCUT2D eigenvalue weighted by molar-refractivity contribution is 6.02. The Bertz CT molecular complexity index is 757. The van der Waals surface area contributed by atoms with Gasteiger partial charge in [-0.2, -0.15) is 0 Å². The molecule has 1 heterocycles. The fourth-order valence-electron chi connectivity index (χ4n) is 2.12. The van der Waals surface area contributed by atoms with E-state index in [0.717, 1.165) is 0 Å². The van der Waals surface area contributed by atoms with Crippen LogP contribution in [0, 0.1) is 5.92 Å². The summed E-state index contributed by atoms with van der Waals surface area (Å²) < 4.78 is 10.4. The zero-order valence-electron chi connectivity index (χ0n) is 14.2. The van der Waals surface area contributed by atoms with Crippen molar-refractivity contribution < 1.29 is 28.6 Å². The Morgan fingerprint density at radius 1 is 1.23 bits per heavy atom. The van der Waals surface area contributed by atoms with E-state index in [2.05, 4.69) is 10.6 Å². The molecule has 0 fully saturated rings. The van der Waals surface area contributed by atoms with E-state index in [1.165, 1.54) is 6.26 Å². The van der Waals surface area contributed by atoms with Gasteiger partial charge in [-0.05, 0) is 30.2 Å². The van der Waals surface area contributed by atoms with Crippen molar-refractivity contribution in [3.05, 3.63) is 48.4 Å². The Morgan fingerprint density at radius 3 is 2.73 bits per heavy atom. The lowest BCUT2D eigenvalue weighted by Gasteiger charge is -2.11. The van der Waals surface area contributed by atoms with E-state index in [9.17, 15) is 14.4 Å². The van der Waals surface area contributed by atoms with Gasteiger partial charge in [0.2, 0.25) is 0 Å². The molecule has 8 nitrogen and oxygen atoms in total. The predicted molar refractivity (Wildman–Crippen MR) is 93.0 cm³/mol. The summed E-state index contributed by atoms with van der Waals surface area (Å²) in [5, 5.41) is 14.0. The van der Waals surface area contributed by atoms with Gasteiger partial charge < -0.3 is 24.9 Å². The van der Waals surface area contributed by atoms with Crippen LogP contribution < -0.4 is 15.4 Å². The summed E-state index contributed by atoms with van der Waals surface area (Å²) in [7, 11) is 0. The fourth-order valence-corrected chi connectivity index (χ4v) is 2.12. The Kier molecular flexibility index (Phi) is 6.78. The van der Waals surface area contributed by atoms with E-state index >= 15 is 0 Å². The van der Waals surface area contributed by atoms with Crippen molar-refractivity contribution in [1.29, 1.82) is 0 Å². The summed E-state index contributed by atoms with van der Waals surface area (Å²) in [4.78, 5) is 34.3. The van der Waals surface area contributed by atoms with Crippen molar-refractivity contribution in [1.82, 2.24) is 5.32 Å². The average molecular weight is 360 g/mol. The molecule has 1 aromatic carbocycles. The maximum Gasteiger partial charge on any atom is 0.303 e. The molecule has 0 bridgehead atoms. The van der Waals surface area contributed by atoms with Crippen LogP contribution in [0.4, 0.5) is 5.69 Å². The maximum absolute atomic E-state index is 11.9. The third-order valence-electron chi connectivity index (χ3n) is 3.38. The molecule has 0 aliphatic heterocycles. The molecule has 0 spiro atoms. The molecular weight excluding hydrogens is 340 g/mol. The number of aliphatic carboxylic acids is 1. The smallest absolute Gasteiger partial charge is 0.303 e. The van der Waals surface area contributed by atoms with Gasteiger partial charge in [-0.1, -0.05) is 13.0 Å². The van der Waals surface area contributed by atoms with Crippen molar-refractivity contribution in [2.45, 2.75) is 13.3 Å². The van der Waals surface area contributed by atoms with E-state index in [1.54, 1.807) is 43.3 Å². The summed E-state index contributed by atoms with van der Waals surface area (Å²) in [5.41, 5.74) is 0.499. The molecule has 2 rings (SSSR count). The highest BCUT2D eigenvalue weighted by atomic mass is 16.5. The van der Waals surface area contributed by atoms with Crippen LogP contribution >= 0.6 is 0 Å². The molecule has 3 N–H and O–H groups in total. The zero-order valence-corrected chi connectivity index (χ0v) is 14.2. The lowest BCUT2D eigenvalue weighted by molar-refractivity contribution is -0.138. The number of ether oxygens (including phenoxy) is 1. The molecule has 0 saturated carbocycles. The van der Waals surface area contributed by atoms with Crippen molar-refractivity contribution in [2.24, 2.45) is 5.92 Å². The summed E-state index contributed by atoms with van der Waals surface area (Å²) >= 11 is 0. The topological polar surface area (TPSA) is 118 Å². The largest absolute Gasteiger partial charge is 0.484 e. The number of carbonyl (C=O) groups excluding carboxylic acids is 2. The van der Waals surface area contributed by atoms with Gasteiger partial charge in [-0.15, -0.1) is 0 Å². The molecule has 1 unspecified atom stereocenters. The average Bonchev–Trinajstić information content (AvgIpc) is 3.12. The number of carboxylic acid groups (broad SMARTS) is 1. The molecule has 0 radical (unpaired) electrons. The highest BCUT2D eigenvalue weighted by Gasteiger charge is 2.11. The Morgan fingerprint density at radius 2 is 2.04 bits per heavy atom. The van der Waals surface area contributed by atoms with Crippen LogP contribution in [-0.4, -0.2) is 36.0 Å². The predicted octanol–water partition coefficient (Wildman–Crippen LogP) is 2.14. The molecule has 8 heteroatoms. The number of rotatable bonds is 9. The van der Waals surface area contributed by atoms with E-state index < -0.39 is 11.9 Å². The van der Waals surface area contributed by atoms with Crippen LogP contribution in [-0.2, 0) is 9.59 Å². The second kappa shape index (κ2) is 9.26. The summed E-state index contributed by atoms with van der Waals surface area (Å²) in [6.45, 7) is 1.78. The number of hydrogen-bond acceptors (Lipinski definition) is 5. The van der Waals surface area contributed by atoms with E-state index in [0.29, 0.717) is 11.4 Å². The number of hydrogen-bond donors (Lipinski definition) is 3. The quantitative estimate of drug-likeness (QED) is 0.630. The number of amides is 2. The summed E-state index contributed by atoms with van der Waals surface area (Å²) in [5.74, 6) is -1.22. The minimum atomic E-state index is -0.906. The van der Waals surface area contributed by atoms with Crippen LogP contribution in [0.1, 0.15) is 23.9 Å². The first-order valence-electron chi connectivity index (χ1n) is 8.00. The minimum Gasteiger partial charge on any atom is -0.484 e. The monoisotopic (exact) mass is 360 g/mol. The molecule has 26 heavy (non-hydrogen) atoms. The van der Waals surface area contributed by atoms with Crippen molar-refractivity contribution >= 4 is 23.5 Å². The number of carboxylic acids is 1. The third kappa shape index (κ3) is 6.31. The fraction of sp³-hybridized carbons (Fsp3) is 0.278. The van der Waals surface area contributed by atoms with Crippen LogP contribution in [0.15, 0.2) is 47.1 Å². The molecule has 0 aliphatic rings. The number of carbonyl (C=O) groups is 3. The van der Waals surface area contributed by atoms with Crippen molar-refractivity contribution in [2.75, 3.05) is 18.5 Å². The first kappa shape index (κ1) is 19.0. The van der Waals surface area contributed by atoms with Gasteiger partial charge >= 0.3 is 5.97 Å². The standard InChI is InChI=1S/C18H20N2O6/c1-12(8-17(22)23)10-19-16(21)11-26-14-5-2-4-13(9-14)20-18(24)15-6-3-7-25-15/h2-7,9,12H,8,10-11H2,1H3,(H,19,21)(H,20,24)(H,22,23). The minimum absolute atomic E-state index is 0.0153. The normalized spacial score (nSPS) is 11.4. The van der Waals surface area contributed by atoms with Gasteiger partial charge in [0.25, 0.3) is 11.8 Å². The first-order valence-corrected chi connectivity index (χ1v) is 8.00. The number of furan rings is 1. The second-order valence-corrected chi connectivity index (χ2v) is 5.76. The number of benzene rings is 1. The van der Waals surface area contributed by atoms with Gasteiger partial charge in [0.1, 0.15) is 5.75 Å². The van der Waals surface area contributed by atoms with E-state index in [1.807, 2.05) is 0 Å².